The van der Waals surface area contributed by atoms with Crippen molar-refractivity contribution in [2.45, 2.75) is 32.2 Å². The maximum absolute atomic E-state index is 6.03. The van der Waals surface area contributed by atoms with Crippen LogP contribution in [0.2, 0.25) is 0 Å². The monoisotopic (exact) mass is 187 g/mol. The van der Waals surface area contributed by atoms with E-state index in [0.717, 1.165) is 39.3 Å². The lowest BCUT2D eigenvalue weighted by molar-refractivity contribution is 0.0380. The predicted octanol–water partition coefficient (Wildman–Crippen LogP) is 1.17. The second kappa shape index (κ2) is 6.35. The summed E-state index contributed by atoms with van der Waals surface area (Å²) >= 11 is 0. The highest BCUT2D eigenvalue weighted by atomic mass is 16.5. The molecule has 0 aromatic heterocycles. The molecule has 0 aromatic carbocycles. The van der Waals surface area contributed by atoms with Gasteiger partial charge in [-0.3, -0.25) is 0 Å². The van der Waals surface area contributed by atoms with Gasteiger partial charge >= 0.3 is 0 Å². The third-order valence-corrected chi connectivity index (χ3v) is 2.60. The van der Waals surface area contributed by atoms with Crippen molar-refractivity contribution in [2.75, 3.05) is 26.4 Å². The van der Waals surface area contributed by atoms with Gasteiger partial charge in [0.2, 0.25) is 0 Å². The van der Waals surface area contributed by atoms with Crippen LogP contribution in [0.25, 0.3) is 0 Å². The van der Waals surface area contributed by atoms with Crippen LogP contribution < -0.4 is 5.73 Å². The van der Waals surface area contributed by atoms with Gasteiger partial charge in [0, 0.05) is 25.9 Å². The molecule has 0 saturated carbocycles. The Balaban J connectivity index is 2.09. The van der Waals surface area contributed by atoms with E-state index in [9.17, 15) is 0 Å². The van der Waals surface area contributed by atoms with E-state index in [-0.39, 0.29) is 6.04 Å². The maximum Gasteiger partial charge on any atom is 0.0509 e. The van der Waals surface area contributed by atoms with Crippen LogP contribution in [-0.4, -0.2) is 32.5 Å². The van der Waals surface area contributed by atoms with E-state index in [0.29, 0.717) is 5.92 Å². The molecule has 3 nitrogen and oxygen atoms in total. The van der Waals surface area contributed by atoms with E-state index >= 15 is 0 Å². The first-order valence-corrected chi connectivity index (χ1v) is 5.25. The zero-order valence-corrected chi connectivity index (χ0v) is 8.50. The standard InChI is InChI=1S/C10H21NO2/c1-2-12-7-5-10(11)9-4-3-6-13-8-9/h9-10H,2-8,11H2,1H3. The normalized spacial score (nSPS) is 25.8. The van der Waals surface area contributed by atoms with Gasteiger partial charge in [0.1, 0.15) is 0 Å². The van der Waals surface area contributed by atoms with E-state index < -0.39 is 0 Å². The molecular weight excluding hydrogens is 166 g/mol. The molecule has 1 heterocycles. The zero-order chi connectivity index (χ0) is 9.52. The molecule has 0 aromatic rings. The molecular formula is C10H21NO2. The van der Waals surface area contributed by atoms with Gasteiger partial charge in [-0.15, -0.1) is 0 Å². The van der Waals surface area contributed by atoms with E-state index in [1.165, 1.54) is 6.42 Å². The van der Waals surface area contributed by atoms with Crippen LogP contribution in [0.1, 0.15) is 26.2 Å². The fraction of sp³-hybridized carbons (Fsp3) is 1.00. The fourth-order valence-corrected chi connectivity index (χ4v) is 1.70. The lowest BCUT2D eigenvalue weighted by Gasteiger charge is -2.27. The molecule has 0 radical (unpaired) electrons. The quantitative estimate of drug-likeness (QED) is 0.657. The summed E-state index contributed by atoms with van der Waals surface area (Å²) in [7, 11) is 0. The van der Waals surface area contributed by atoms with Crippen molar-refractivity contribution < 1.29 is 9.47 Å². The van der Waals surface area contributed by atoms with Crippen molar-refractivity contribution in [2.24, 2.45) is 11.7 Å². The molecule has 1 aliphatic rings. The van der Waals surface area contributed by atoms with Gasteiger partial charge < -0.3 is 15.2 Å². The number of hydrogen-bond acceptors (Lipinski definition) is 3. The largest absolute Gasteiger partial charge is 0.382 e. The molecule has 0 aliphatic carbocycles. The summed E-state index contributed by atoms with van der Waals surface area (Å²) in [5.74, 6) is 0.550. The third-order valence-electron chi connectivity index (χ3n) is 2.60. The van der Waals surface area contributed by atoms with Crippen molar-refractivity contribution in [3.63, 3.8) is 0 Å². The van der Waals surface area contributed by atoms with Crippen LogP contribution in [0, 0.1) is 5.92 Å². The molecule has 3 heteroatoms. The van der Waals surface area contributed by atoms with Crippen molar-refractivity contribution >= 4 is 0 Å². The Morgan fingerprint density at radius 2 is 2.46 bits per heavy atom. The number of ether oxygens (including phenoxy) is 2. The molecule has 1 rings (SSSR count). The Kier molecular flexibility index (Phi) is 5.35. The number of nitrogens with two attached hydrogens (primary N) is 1. The van der Waals surface area contributed by atoms with Crippen molar-refractivity contribution in [3.8, 4) is 0 Å². The minimum absolute atomic E-state index is 0.256. The van der Waals surface area contributed by atoms with Crippen LogP contribution in [0.4, 0.5) is 0 Å². The second-order valence-corrected chi connectivity index (χ2v) is 3.63. The van der Waals surface area contributed by atoms with E-state index in [1.807, 2.05) is 6.92 Å². The minimum Gasteiger partial charge on any atom is -0.382 e. The van der Waals surface area contributed by atoms with Gasteiger partial charge in [-0.25, -0.2) is 0 Å². The average Bonchev–Trinajstić information content (AvgIpc) is 2.19. The first-order valence-electron chi connectivity index (χ1n) is 5.25. The van der Waals surface area contributed by atoms with Gasteiger partial charge in [-0.2, -0.15) is 0 Å². The Morgan fingerprint density at radius 3 is 3.08 bits per heavy atom. The maximum atomic E-state index is 6.03. The second-order valence-electron chi connectivity index (χ2n) is 3.63. The van der Waals surface area contributed by atoms with Gasteiger partial charge in [0.25, 0.3) is 0 Å². The van der Waals surface area contributed by atoms with Crippen molar-refractivity contribution in [1.29, 1.82) is 0 Å². The van der Waals surface area contributed by atoms with Crippen LogP contribution >= 0.6 is 0 Å². The van der Waals surface area contributed by atoms with Gasteiger partial charge in [-0.05, 0) is 32.1 Å². The van der Waals surface area contributed by atoms with Crippen LogP contribution in [0.15, 0.2) is 0 Å². The summed E-state index contributed by atoms with van der Waals surface area (Å²) in [6, 6.07) is 0.256. The molecule has 78 valence electrons. The molecule has 1 saturated heterocycles. The van der Waals surface area contributed by atoms with Gasteiger partial charge in [-0.1, -0.05) is 0 Å². The lowest BCUT2D eigenvalue weighted by Crippen LogP contribution is -2.36. The summed E-state index contributed by atoms with van der Waals surface area (Å²) in [4.78, 5) is 0. The smallest absolute Gasteiger partial charge is 0.0509 e. The van der Waals surface area contributed by atoms with Crippen LogP contribution in [0.3, 0.4) is 0 Å². The Morgan fingerprint density at radius 1 is 1.62 bits per heavy atom. The van der Waals surface area contributed by atoms with E-state index in [2.05, 4.69) is 0 Å². The zero-order valence-electron chi connectivity index (χ0n) is 8.50. The minimum atomic E-state index is 0.256. The molecule has 2 atom stereocenters. The van der Waals surface area contributed by atoms with E-state index in [1.54, 1.807) is 0 Å². The number of hydrogen-bond donors (Lipinski definition) is 1. The van der Waals surface area contributed by atoms with Crippen LogP contribution in [-0.2, 0) is 9.47 Å². The number of rotatable bonds is 5. The van der Waals surface area contributed by atoms with Crippen LogP contribution in [0.5, 0.6) is 0 Å². The van der Waals surface area contributed by atoms with Gasteiger partial charge in [0.15, 0.2) is 0 Å². The fourth-order valence-electron chi connectivity index (χ4n) is 1.70. The highest BCUT2D eigenvalue weighted by molar-refractivity contribution is 4.74. The first-order chi connectivity index (χ1) is 6.34. The lowest BCUT2D eigenvalue weighted by atomic mass is 9.92. The summed E-state index contributed by atoms with van der Waals surface area (Å²) < 4.78 is 10.7. The summed E-state index contributed by atoms with van der Waals surface area (Å²) in [6.07, 6.45) is 3.34. The molecule has 2 N–H and O–H groups in total. The summed E-state index contributed by atoms with van der Waals surface area (Å²) in [5, 5.41) is 0. The highest BCUT2D eigenvalue weighted by Crippen LogP contribution is 2.17. The topological polar surface area (TPSA) is 44.5 Å². The first kappa shape index (κ1) is 11.0. The SMILES string of the molecule is CCOCCC(N)C1CCCOC1. The van der Waals surface area contributed by atoms with Gasteiger partial charge in [0.05, 0.1) is 6.61 Å². The average molecular weight is 187 g/mol. The molecule has 0 amide bonds. The van der Waals surface area contributed by atoms with Crippen molar-refractivity contribution in [3.05, 3.63) is 0 Å². The van der Waals surface area contributed by atoms with Crippen molar-refractivity contribution in [1.82, 2.24) is 0 Å². The summed E-state index contributed by atoms with van der Waals surface area (Å²) in [5.41, 5.74) is 6.03. The molecule has 1 fully saturated rings. The molecule has 1 aliphatic heterocycles. The summed E-state index contributed by atoms with van der Waals surface area (Å²) in [6.45, 7) is 5.33. The molecule has 0 bridgehead atoms. The third kappa shape index (κ3) is 4.07. The molecule has 0 spiro atoms. The Labute approximate surface area is 80.6 Å². The molecule has 2 unspecified atom stereocenters. The van der Waals surface area contributed by atoms with E-state index in [4.69, 9.17) is 15.2 Å². The Hall–Kier alpha value is -0.120. The highest BCUT2D eigenvalue weighted by Gasteiger charge is 2.20. The predicted molar refractivity (Wildman–Crippen MR) is 52.6 cm³/mol. The Bertz CT molecular complexity index is 124. The molecule has 13 heavy (non-hydrogen) atoms.